The summed E-state index contributed by atoms with van der Waals surface area (Å²) in [5.74, 6) is -1.58. The second-order valence-electron chi connectivity index (χ2n) is 4.82. The van der Waals surface area contributed by atoms with Gasteiger partial charge in [0.1, 0.15) is 13.1 Å². The van der Waals surface area contributed by atoms with E-state index in [1.165, 1.54) is 0 Å². The summed E-state index contributed by atoms with van der Waals surface area (Å²) in [6, 6.07) is -1.57. The molecule has 0 aromatic heterocycles. The number of rotatable bonds is 8. The molecule has 0 rings (SSSR count). The Morgan fingerprint density at radius 2 is 1.90 bits per heavy atom. The standard InChI is InChI=1S/C12H21F3N2O4/c1-4-21-6-9(8(2)3)16-11(20)17(5-10(18)19)7-12(13,14)15/h8-9H,4-7H2,1-3H3,(H,16,20)(H,18,19). The number of nitrogens with zero attached hydrogens (tertiary/aromatic N) is 1. The summed E-state index contributed by atoms with van der Waals surface area (Å²) in [5, 5.41) is 11.0. The summed E-state index contributed by atoms with van der Waals surface area (Å²) in [6.07, 6.45) is -4.67. The number of hydrogen-bond donors (Lipinski definition) is 2. The van der Waals surface area contributed by atoms with Gasteiger partial charge in [0.2, 0.25) is 0 Å². The summed E-state index contributed by atoms with van der Waals surface area (Å²) in [5.41, 5.74) is 0. The molecule has 0 fully saturated rings. The summed E-state index contributed by atoms with van der Waals surface area (Å²) >= 11 is 0. The number of amides is 2. The molecular formula is C12H21F3N2O4. The lowest BCUT2D eigenvalue weighted by molar-refractivity contribution is -0.149. The molecule has 2 N–H and O–H groups in total. The van der Waals surface area contributed by atoms with Crippen LogP contribution in [-0.2, 0) is 9.53 Å². The Kier molecular flexibility index (Phi) is 8.08. The molecule has 0 bridgehead atoms. The third-order valence-electron chi connectivity index (χ3n) is 2.60. The van der Waals surface area contributed by atoms with Crippen LogP contribution >= 0.6 is 0 Å². The molecule has 0 aromatic carbocycles. The zero-order chi connectivity index (χ0) is 16.6. The van der Waals surface area contributed by atoms with E-state index >= 15 is 0 Å². The van der Waals surface area contributed by atoms with Gasteiger partial charge in [-0.2, -0.15) is 13.2 Å². The van der Waals surface area contributed by atoms with Crippen molar-refractivity contribution in [3.05, 3.63) is 0 Å². The van der Waals surface area contributed by atoms with E-state index < -0.39 is 37.3 Å². The summed E-state index contributed by atoms with van der Waals surface area (Å²) in [6.45, 7) is 3.20. The van der Waals surface area contributed by atoms with Gasteiger partial charge in [-0.15, -0.1) is 0 Å². The molecule has 0 aliphatic rings. The number of carboxylic acids is 1. The Morgan fingerprint density at radius 3 is 2.29 bits per heavy atom. The highest BCUT2D eigenvalue weighted by Gasteiger charge is 2.34. The first kappa shape index (κ1) is 19.5. The van der Waals surface area contributed by atoms with Crippen molar-refractivity contribution in [1.29, 1.82) is 0 Å². The third-order valence-corrected chi connectivity index (χ3v) is 2.60. The molecule has 0 saturated heterocycles. The minimum Gasteiger partial charge on any atom is -0.480 e. The second-order valence-corrected chi connectivity index (χ2v) is 4.82. The predicted molar refractivity (Wildman–Crippen MR) is 68.9 cm³/mol. The molecule has 1 unspecified atom stereocenters. The van der Waals surface area contributed by atoms with Gasteiger partial charge in [-0.3, -0.25) is 4.79 Å². The Labute approximate surface area is 121 Å². The van der Waals surface area contributed by atoms with Crippen LogP contribution in [0.15, 0.2) is 0 Å². The Balaban J connectivity index is 4.80. The third kappa shape index (κ3) is 9.11. The minimum atomic E-state index is -4.67. The van der Waals surface area contributed by atoms with Gasteiger partial charge in [0.25, 0.3) is 0 Å². The summed E-state index contributed by atoms with van der Waals surface area (Å²) < 4.78 is 42.3. The van der Waals surface area contributed by atoms with Crippen LogP contribution < -0.4 is 5.32 Å². The highest BCUT2D eigenvalue weighted by molar-refractivity contribution is 5.80. The molecule has 0 aliphatic heterocycles. The first-order chi connectivity index (χ1) is 9.56. The maximum atomic E-state index is 12.4. The largest absolute Gasteiger partial charge is 0.480 e. The van der Waals surface area contributed by atoms with E-state index in [2.05, 4.69) is 5.32 Å². The Hall–Kier alpha value is -1.51. The highest BCUT2D eigenvalue weighted by atomic mass is 19.4. The number of carbonyl (C=O) groups is 2. The Bertz CT molecular complexity index is 348. The predicted octanol–water partition coefficient (Wildman–Crippen LogP) is 1.71. The zero-order valence-electron chi connectivity index (χ0n) is 12.2. The number of alkyl halides is 3. The molecule has 1 atom stereocenters. The molecule has 6 nitrogen and oxygen atoms in total. The van der Waals surface area contributed by atoms with Crippen molar-refractivity contribution in [2.75, 3.05) is 26.3 Å². The lowest BCUT2D eigenvalue weighted by Crippen LogP contribution is -2.52. The number of carboxylic acid groups (broad SMARTS) is 1. The van der Waals surface area contributed by atoms with Gasteiger partial charge in [0.15, 0.2) is 0 Å². The fourth-order valence-electron chi connectivity index (χ4n) is 1.47. The number of hydrogen-bond acceptors (Lipinski definition) is 3. The van der Waals surface area contributed by atoms with Crippen molar-refractivity contribution in [3.63, 3.8) is 0 Å². The summed E-state index contributed by atoms with van der Waals surface area (Å²) in [4.78, 5) is 22.6. The monoisotopic (exact) mass is 314 g/mol. The van der Waals surface area contributed by atoms with E-state index in [1.807, 2.05) is 0 Å². The van der Waals surface area contributed by atoms with Crippen LogP contribution in [0.25, 0.3) is 0 Å². The van der Waals surface area contributed by atoms with Crippen molar-refractivity contribution in [3.8, 4) is 0 Å². The van der Waals surface area contributed by atoms with E-state index in [1.54, 1.807) is 20.8 Å². The van der Waals surface area contributed by atoms with Crippen molar-refractivity contribution < 1.29 is 32.6 Å². The molecular weight excluding hydrogens is 293 g/mol. The smallest absolute Gasteiger partial charge is 0.406 e. The zero-order valence-corrected chi connectivity index (χ0v) is 12.2. The van der Waals surface area contributed by atoms with Crippen LogP contribution in [0, 0.1) is 5.92 Å². The molecule has 21 heavy (non-hydrogen) atoms. The molecule has 0 radical (unpaired) electrons. The average Bonchev–Trinajstić information content (AvgIpc) is 2.30. The molecule has 0 saturated carbocycles. The molecule has 0 aromatic rings. The normalized spacial score (nSPS) is 13.1. The van der Waals surface area contributed by atoms with E-state index in [9.17, 15) is 22.8 Å². The van der Waals surface area contributed by atoms with E-state index in [4.69, 9.17) is 9.84 Å². The van der Waals surface area contributed by atoms with Gasteiger partial charge >= 0.3 is 18.2 Å². The molecule has 124 valence electrons. The van der Waals surface area contributed by atoms with E-state index in [0.29, 0.717) is 6.61 Å². The van der Waals surface area contributed by atoms with E-state index in [-0.39, 0.29) is 17.4 Å². The minimum absolute atomic E-state index is 0.0712. The molecule has 0 heterocycles. The fourth-order valence-corrected chi connectivity index (χ4v) is 1.47. The quantitative estimate of drug-likeness (QED) is 0.715. The number of aliphatic carboxylic acids is 1. The van der Waals surface area contributed by atoms with Crippen LogP contribution in [0.5, 0.6) is 0 Å². The van der Waals surface area contributed by atoms with E-state index in [0.717, 1.165) is 0 Å². The fraction of sp³-hybridized carbons (Fsp3) is 0.833. The van der Waals surface area contributed by atoms with Crippen LogP contribution in [0.3, 0.4) is 0 Å². The number of carbonyl (C=O) groups excluding carboxylic acids is 1. The maximum absolute atomic E-state index is 12.4. The first-order valence-corrected chi connectivity index (χ1v) is 6.48. The van der Waals surface area contributed by atoms with Crippen molar-refractivity contribution in [2.24, 2.45) is 5.92 Å². The van der Waals surface area contributed by atoms with Gasteiger partial charge in [0.05, 0.1) is 12.6 Å². The van der Waals surface area contributed by atoms with Crippen LogP contribution in [0.1, 0.15) is 20.8 Å². The number of nitrogens with one attached hydrogen (secondary N) is 1. The van der Waals surface area contributed by atoms with Gasteiger partial charge < -0.3 is 20.1 Å². The van der Waals surface area contributed by atoms with Gasteiger partial charge in [-0.25, -0.2) is 4.79 Å². The molecule has 9 heteroatoms. The van der Waals surface area contributed by atoms with Crippen molar-refractivity contribution in [2.45, 2.75) is 33.0 Å². The van der Waals surface area contributed by atoms with Gasteiger partial charge in [-0.1, -0.05) is 13.8 Å². The second kappa shape index (κ2) is 8.71. The number of halogens is 3. The van der Waals surface area contributed by atoms with Crippen molar-refractivity contribution >= 4 is 12.0 Å². The molecule has 0 aliphatic carbocycles. The van der Waals surface area contributed by atoms with Crippen LogP contribution in [-0.4, -0.2) is 60.5 Å². The van der Waals surface area contributed by atoms with Crippen LogP contribution in [0.2, 0.25) is 0 Å². The topological polar surface area (TPSA) is 78.9 Å². The number of ether oxygens (including phenoxy) is 1. The Morgan fingerprint density at radius 1 is 1.33 bits per heavy atom. The molecule has 2 amide bonds. The average molecular weight is 314 g/mol. The van der Waals surface area contributed by atoms with Crippen molar-refractivity contribution in [1.82, 2.24) is 10.2 Å². The number of urea groups is 1. The SMILES string of the molecule is CCOCC(NC(=O)N(CC(=O)O)CC(F)(F)F)C(C)C. The highest BCUT2D eigenvalue weighted by Crippen LogP contribution is 2.16. The lowest BCUT2D eigenvalue weighted by atomic mass is 10.1. The maximum Gasteiger partial charge on any atom is 0.406 e. The van der Waals surface area contributed by atoms with Gasteiger partial charge in [0, 0.05) is 6.61 Å². The van der Waals surface area contributed by atoms with Crippen LogP contribution in [0.4, 0.5) is 18.0 Å². The summed E-state index contributed by atoms with van der Waals surface area (Å²) in [7, 11) is 0. The molecule has 0 spiro atoms. The lowest BCUT2D eigenvalue weighted by Gasteiger charge is -2.27. The van der Waals surface area contributed by atoms with Gasteiger partial charge in [-0.05, 0) is 12.8 Å². The first-order valence-electron chi connectivity index (χ1n) is 6.48.